The second-order valence-electron chi connectivity index (χ2n) is 4.89. The van der Waals surface area contributed by atoms with Gasteiger partial charge < -0.3 is 10.0 Å². The van der Waals surface area contributed by atoms with Crippen molar-refractivity contribution in [1.82, 2.24) is 4.98 Å². The summed E-state index contributed by atoms with van der Waals surface area (Å²) in [7, 11) is 0. The van der Waals surface area contributed by atoms with Crippen LogP contribution < -0.4 is 4.90 Å². The number of carboxylic acid groups (broad SMARTS) is 1. The first-order chi connectivity index (χ1) is 10.1. The number of rotatable bonds is 5. The lowest BCUT2D eigenvalue weighted by Crippen LogP contribution is -2.35. The van der Waals surface area contributed by atoms with Crippen LogP contribution in [0.15, 0.2) is 30.3 Å². The summed E-state index contributed by atoms with van der Waals surface area (Å²) < 4.78 is 0. The van der Waals surface area contributed by atoms with Gasteiger partial charge in [0.25, 0.3) is 0 Å². The summed E-state index contributed by atoms with van der Waals surface area (Å²) in [5.41, 5.74) is 1.30. The summed E-state index contributed by atoms with van der Waals surface area (Å²) in [6, 6.07) is 11.2. The molecule has 0 spiro atoms. The molecule has 21 heavy (non-hydrogen) atoms. The summed E-state index contributed by atoms with van der Waals surface area (Å²) in [4.78, 5) is 17.4. The van der Waals surface area contributed by atoms with E-state index in [-0.39, 0.29) is 12.5 Å². The molecule has 0 saturated carbocycles. The number of aliphatic carboxylic acids is 1. The van der Waals surface area contributed by atoms with Gasteiger partial charge in [-0.1, -0.05) is 18.2 Å². The summed E-state index contributed by atoms with van der Waals surface area (Å²) >= 11 is 0. The third kappa shape index (κ3) is 3.11. The molecule has 108 valence electrons. The van der Waals surface area contributed by atoms with Crippen LogP contribution in [0, 0.1) is 11.3 Å². The third-order valence-electron chi connectivity index (χ3n) is 3.46. The van der Waals surface area contributed by atoms with Gasteiger partial charge in [0.2, 0.25) is 0 Å². The molecule has 1 N–H and O–H groups in total. The number of nitriles is 1. The Labute approximate surface area is 123 Å². The maximum Gasteiger partial charge on any atom is 0.305 e. The van der Waals surface area contributed by atoms with E-state index < -0.39 is 5.97 Å². The molecule has 2 aromatic rings. The number of aromatic nitrogens is 1. The molecule has 0 amide bonds. The van der Waals surface area contributed by atoms with Gasteiger partial charge in [0.05, 0.1) is 23.6 Å². The minimum absolute atomic E-state index is 0.0320. The van der Waals surface area contributed by atoms with E-state index in [1.807, 2.05) is 43.0 Å². The number of nitrogens with zero attached hydrogens (tertiary/aromatic N) is 3. The SMILES string of the molecule is CCN(c1cc(C#N)c2ccccc2n1)C(C)CC(=O)O. The zero-order chi connectivity index (χ0) is 15.4. The molecule has 2 rings (SSSR count). The van der Waals surface area contributed by atoms with E-state index in [1.54, 1.807) is 6.07 Å². The lowest BCUT2D eigenvalue weighted by Gasteiger charge is -2.28. The lowest BCUT2D eigenvalue weighted by atomic mass is 10.1. The number of hydrogen-bond acceptors (Lipinski definition) is 4. The van der Waals surface area contributed by atoms with Gasteiger partial charge in [-0.15, -0.1) is 0 Å². The van der Waals surface area contributed by atoms with Crippen molar-refractivity contribution in [3.8, 4) is 6.07 Å². The number of hydrogen-bond donors (Lipinski definition) is 1. The highest BCUT2D eigenvalue weighted by Crippen LogP contribution is 2.24. The van der Waals surface area contributed by atoms with E-state index in [1.165, 1.54) is 0 Å². The van der Waals surface area contributed by atoms with Crippen LogP contribution in [-0.4, -0.2) is 28.6 Å². The van der Waals surface area contributed by atoms with Crippen LogP contribution in [0.3, 0.4) is 0 Å². The molecule has 1 aromatic heterocycles. The van der Waals surface area contributed by atoms with E-state index in [2.05, 4.69) is 11.1 Å². The van der Waals surface area contributed by atoms with Crippen LogP contribution in [0.5, 0.6) is 0 Å². The highest BCUT2D eigenvalue weighted by atomic mass is 16.4. The lowest BCUT2D eigenvalue weighted by molar-refractivity contribution is -0.137. The predicted molar refractivity (Wildman–Crippen MR) is 81.2 cm³/mol. The molecule has 0 aliphatic carbocycles. The monoisotopic (exact) mass is 283 g/mol. The molecule has 5 nitrogen and oxygen atoms in total. The molecule has 0 radical (unpaired) electrons. The molecule has 0 aliphatic heterocycles. The number of pyridine rings is 1. The average molecular weight is 283 g/mol. The van der Waals surface area contributed by atoms with Crippen molar-refractivity contribution in [2.75, 3.05) is 11.4 Å². The van der Waals surface area contributed by atoms with Gasteiger partial charge >= 0.3 is 5.97 Å². The maximum absolute atomic E-state index is 10.9. The van der Waals surface area contributed by atoms with E-state index in [0.29, 0.717) is 17.9 Å². The van der Waals surface area contributed by atoms with Crippen LogP contribution in [0.1, 0.15) is 25.8 Å². The van der Waals surface area contributed by atoms with Crippen molar-refractivity contribution in [1.29, 1.82) is 5.26 Å². The highest BCUT2D eigenvalue weighted by molar-refractivity contribution is 5.86. The molecule has 1 unspecified atom stereocenters. The summed E-state index contributed by atoms with van der Waals surface area (Å²) in [5, 5.41) is 19.1. The fourth-order valence-corrected chi connectivity index (χ4v) is 2.46. The van der Waals surface area contributed by atoms with Crippen molar-refractivity contribution < 1.29 is 9.90 Å². The summed E-state index contributed by atoms with van der Waals surface area (Å²) in [6.07, 6.45) is 0.0320. The van der Waals surface area contributed by atoms with Gasteiger partial charge in [-0.05, 0) is 26.0 Å². The van der Waals surface area contributed by atoms with Gasteiger partial charge in [-0.2, -0.15) is 5.26 Å². The van der Waals surface area contributed by atoms with Crippen LogP contribution in [0.4, 0.5) is 5.82 Å². The standard InChI is InChI=1S/C16H17N3O2/c1-3-19(11(2)8-16(20)21)15-9-12(10-17)13-6-4-5-7-14(13)18-15/h4-7,9,11H,3,8H2,1-2H3,(H,20,21). The fraction of sp³-hybridized carbons (Fsp3) is 0.312. The van der Waals surface area contributed by atoms with Crippen molar-refractivity contribution >= 4 is 22.7 Å². The zero-order valence-corrected chi connectivity index (χ0v) is 12.1. The molecular weight excluding hydrogens is 266 g/mol. The summed E-state index contributed by atoms with van der Waals surface area (Å²) in [5.74, 6) is -0.205. The largest absolute Gasteiger partial charge is 0.481 e. The predicted octanol–water partition coefficient (Wildman–Crippen LogP) is 2.80. The molecule has 0 aliphatic rings. The van der Waals surface area contributed by atoms with Crippen LogP contribution >= 0.6 is 0 Å². The first-order valence-electron chi connectivity index (χ1n) is 6.85. The Kier molecular flexibility index (Phi) is 4.39. The average Bonchev–Trinajstić information content (AvgIpc) is 2.46. The second-order valence-corrected chi connectivity index (χ2v) is 4.89. The zero-order valence-electron chi connectivity index (χ0n) is 12.1. The molecule has 1 aromatic carbocycles. The number of anilines is 1. The first kappa shape index (κ1) is 14.8. The quantitative estimate of drug-likeness (QED) is 0.913. The Balaban J connectivity index is 2.49. The van der Waals surface area contributed by atoms with Gasteiger partial charge in [0.15, 0.2) is 0 Å². The van der Waals surface area contributed by atoms with Crippen LogP contribution in [-0.2, 0) is 4.79 Å². The topological polar surface area (TPSA) is 77.2 Å². The van der Waals surface area contributed by atoms with Crippen molar-refractivity contribution in [3.05, 3.63) is 35.9 Å². The van der Waals surface area contributed by atoms with Crippen molar-refractivity contribution in [2.24, 2.45) is 0 Å². The Bertz CT molecular complexity index is 706. The van der Waals surface area contributed by atoms with Crippen LogP contribution in [0.2, 0.25) is 0 Å². The van der Waals surface area contributed by atoms with Gasteiger partial charge in [0.1, 0.15) is 5.82 Å². The number of carboxylic acids is 1. The molecule has 5 heteroatoms. The third-order valence-corrected chi connectivity index (χ3v) is 3.46. The first-order valence-corrected chi connectivity index (χ1v) is 6.85. The second kappa shape index (κ2) is 6.23. The molecule has 0 saturated heterocycles. The molecule has 0 fully saturated rings. The van der Waals surface area contributed by atoms with E-state index in [9.17, 15) is 10.1 Å². The summed E-state index contributed by atoms with van der Waals surface area (Å²) in [6.45, 7) is 4.42. The number of benzene rings is 1. The molecule has 1 atom stereocenters. The van der Waals surface area contributed by atoms with E-state index in [0.717, 1.165) is 10.9 Å². The Morgan fingerprint density at radius 3 is 2.81 bits per heavy atom. The van der Waals surface area contributed by atoms with Gasteiger partial charge in [0, 0.05) is 18.0 Å². The van der Waals surface area contributed by atoms with E-state index in [4.69, 9.17) is 5.11 Å². The Morgan fingerprint density at radius 1 is 1.48 bits per heavy atom. The van der Waals surface area contributed by atoms with Crippen molar-refractivity contribution in [3.63, 3.8) is 0 Å². The molecule has 1 heterocycles. The molecular formula is C16H17N3O2. The number of carbonyl (C=O) groups is 1. The normalized spacial score (nSPS) is 11.9. The fourth-order valence-electron chi connectivity index (χ4n) is 2.46. The number of fused-ring (bicyclic) bond motifs is 1. The van der Waals surface area contributed by atoms with E-state index >= 15 is 0 Å². The molecule has 0 bridgehead atoms. The van der Waals surface area contributed by atoms with Crippen molar-refractivity contribution in [2.45, 2.75) is 26.3 Å². The Hall–Kier alpha value is -2.61. The van der Waals surface area contributed by atoms with Gasteiger partial charge in [-0.3, -0.25) is 4.79 Å². The minimum atomic E-state index is -0.845. The van der Waals surface area contributed by atoms with Crippen LogP contribution in [0.25, 0.3) is 10.9 Å². The number of para-hydroxylation sites is 1. The Morgan fingerprint density at radius 2 is 2.19 bits per heavy atom. The maximum atomic E-state index is 10.9. The minimum Gasteiger partial charge on any atom is -0.481 e. The van der Waals surface area contributed by atoms with Gasteiger partial charge in [-0.25, -0.2) is 4.98 Å². The highest BCUT2D eigenvalue weighted by Gasteiger charge is 2.18. The smallest absolute Gasteiger partial charge is 0.305 e.